The molecule has 1 rings (SSSR count). The highest BCUT2D eigenvalue weighted by Gasteiger charge is 2.01. The van der Waals surface area contributed by atoms with Crippen LogP contribution in [0.4, 0.5) is 0 Å². The summed E-state index contributed by atoms with van der Waals surface area (Å²) in [6.45, 7) is 2.61. The molecule has 0 bridgehead atoms. The van der Waals surface area contributed by atoms with Crippen LogP contribution < -0.4 is 11.5 Å². The summed E-state index contributed by atoms with van der Waals surface area (Å²) < 4.78 is 0. The maximum atomic E-state index is 5.71. The van der Waals surface area contributed by atoms with Crippen molar-refractivity contribution in [2.75, 3.05) is 0 Å². The smallest absolute Gasteiger partial charge is 0.0180 e. The van der Waals surface area contributed by atoms with Crippen LogP contribution in [-0.4, -0.2) is 6.04 Å². The van der Waals surface area contributed by atoms with E-state index in [2.05, 4.69) is 12.1 Å². The van der Waals surface area contributed by atoms with E-state index < -0.39 is 0 Å². The molecule has 2 nitrogen and oxygen atoms in total. The summed E-state index contributed by atoms with van der Waals surface area (Å²) in [4.78, 5) is 0. The maximum Gasteiger partial charge on any atom is 0.0180 e. The van der Waals surface area contributed by atoms with Gasteiger partial charge in [-0.15, -0.1) is 0 Å². The first-order chi connectivity index (χ1) is 5.74. The van der Waals surface area contributed by atoms with Gasteiger partial charge in [0.1, 0.15) is 0 Å². The van der Waals surface area contributed by atoms with E-state index in [-0.39, 0.29) is 6.04 Å². The fourth-order valence-corrected chi connectivity index (χ4v) is 1.30. The van der Waals surface area contributed by atoms with Gasteiger partial charge in [0.05, 0.1) is 0 Å². The summed E-state index contributed by atoms with van der Waals surface area (Å²) in [7, 11) is 0. The Labute approximate surface area is 73.6 Å². The summed E-state index contributed by atoms with van der Waals surface area (Å²) in [5.74, 6) is 0. The van der Waals surface area contributed by atoms with E-state index >= 15 is 0 Å². The lowest BCUT2D eigenvalue weighted by atomic mass is 10.0. The normalized spacial score (nSPS) is 12.9. The predicted molar refractivity (Wildman–Crippen MR) is 51.7 cm³/mol. The molecular formula is C10H16N2. The molecule has 0 aliphatic heterocycles. The lowest BCUT2D eigenvalue weighted by Crippen LogP contribution is -2.19. The quantitative estimate of drug-likeness (QED) is 0.701. The fraction of sp³-hybridized carbons (Fsp3) is 0.400. The van der Waals surface area contributed by atoms with Crippen molar-refractivity contribution in [1.82, 2.24) is 0 Å². The van der Waals surface area contributed by atoms with Crippen LogP contribution in [0.1, 0.15) is 18.1 Å². The van der Waals surface area contributed by atoms with E-state index in [0.29, 0.717) is 6.54 Å². The highest BCUT2D eigenvalue weighted by atomic mass is 14.6. The second kappa shape index (κ2) is 4.24. The van der Waals surface area contributed by atoms with Crippen LogP contribution in [0.5, 0.6) is 0 Å². The minimum atomic E-state index is 0.206. The molecule has 0 saturated carbocycles. The summed E-state index contributed by atoms with van der Waals surface area (Å²) in [5, 5.41) is 0. The first-order valence-corrected chi connectivity index (χ1v) is 4.26. The first-order valence-electron chi connectivity index (χ1n) is 4.26. The lowest BCUT2D eigenvalue weighted by molar-refractivity contribution is 0.731. The van der Waals surface area contributed by atoms with Crippen LogP contribution in [-0.2, 0) is 13.0 Å². The van der Waals surface area contributed by atoms with Crippen molar-refractivity contribution in [1.29, 1.82) is 0 Å². The van der Waals surface area contributed by atoms with Crippen molar-refractivity contribution in [2.24, 2.45) is 11.5 Å². The van der Waals surface area contributed by atoms with Crippen LogP contribution in [0.3, 0.4) is 0 Å². The van der Waals surface area contributed by atoms with Gasteiger partial charge in [0.25, 0.3) is 0 Å². The Morgan fingerprint density at radius 2 is 1.83 bits per heavy atom. The summed E-state index contributed by atoms with van der Waals surface area (Å²) >= 11 is 0. The molecule has 0 aliphatic rings. The highest BCUT2D eigenvalue weighted by Crippen LogP contribution is 2.09. The molecule has 0 heterocycles. The van der Waals surface area contributed by atoms with Crippen LogP contribution in [0, 0.1) is 0 Å². The highest BCUT2D eigenvalue weighted by molar-refractivity contribution is 5.27. The standard InChI is InChI=1S/C10H16N2/c1-8(12)6-9-4-2-3-5-10(9)7-11/h2-5,8H,6-7,11-12H2,1H3. The molecule has 1 atom stereocenters. The van der Waals surface area contributed by atoms with E-state index in [1.54, 1.807) is 0 Å². The van der Waals surface area contributed by atoms with Gasteiger partial charge in [0.15, 0.2) is 0 Å². The average Bonchev–Trinajstić information content (AvgIpc) is 2.04. The molecule has 0 aliphatic carbocycles. The van der Waals surface area contributed by atoms with Crippen molar-refractivity contribution in [3.8, 4) is 0 Å². The SMILES string of the molecule is CC(N)Cc1ccccc1CN. The predicted octanol–water partition coefficient (Wildman–Crippen LogP) is 1.04. The van der Waals surface area contributed by atoms with E-state index in [0.717, 1.165) is 6.42 Å². The van der Waals surface area contributed by atoms with E-state index in [1.165, 1.54) is 11.1 Å². The molecule has 2 heteroatoms. The zero-order valence-electron chi connectivity index (χ0n) is 7.46. The second-order valence-electron chi connectivity index (χ2n) is 3.15. The number of hydrogen-bond donors (Lipinski definition) is 2. The van der Waals surface area contributed by atoms with Gasteiger partial charge in [0.2, 0.25) is 0 Å². The third kappa shape index (κ3) is 2.32. The minimum Gasteiger partial charge on any atom is -0.328 e. The largest absolute Gasteiger partial charge is 0.328 e. The van der Waals surface area contributed by atoms with Gasteiger partial charge < -0.3 is 11.5 Å². The number of rotatable bonds is 3. The van der Waals surface area contributed by atoms with Crippen molar-refractivity contribution in [3.05, 3.63) is 35.4 Å². The van der Waals surface area contributed by atoms with Crippen molar-refractivity contribution in [2.45, 2.75) is 25.9 Å². The van der Waals surface area contributed by atoms with Gasteiger partial charge in [-0.25, -0.2) is 0 Å². The monoisotopic (exact) mass is 164 g/mol. The molecule has 0 radical (unpaired) electrons. The zero-order chi connectivity index (χ0) is 8.97. The topological polar surface area (TPSA) is 52.0 Å². The Kier molecular flexibility index (Phi) is 3.26. The number of hydrogen-bond acceptors (Lipinski definition) is 2. The van der Waals surface area contributed by atoms with Gasteiger partial charge in [-0.05, 0) is 24.5 Å². The molecule has 12 heavy (non-hydrogen) atoms. The summed E-state index contributed by atoms with van der Waals surface area (Å²) in [6.07, 6.45) is 0.910. The van der Waals surface area contributed by atoms with Gasteiger partial charge in [-0.3, -0.25) is 0 Å². The van der Waals surface area contributed by atoms with Crippen LogP contribution in [0.15, 0.2) is 24.3 Å². The van der Waals surface area contributed by atoms with Crippen molar-refractivity contribution in [3.63, 3.8) is 0 Å². The van der Waals surface area contributed by atoms with Crippen molar-refractivity contribution >= 4 is 0 Å². The van der Waals surface area contributed by atoms with Gasteiger partial charge in [-0.1, -0.05) is 24.3 Å². The molecule has 0 amide bonds. The zero-order valence-corrected chi connectivity index (χ0v) is 7.46. The molecule has 1 unspecified atom stereocenters. The Morgan fingerprint density at radius 1 is 1.25 bits per heavy atom. The van der Waals surface area contributed by atoms with E-state index in [9.17, 15) is 0 Å². The van der Waals surface area contributed by atoms with Crippen molar-refractivity contribution < 1.29 is 0 Å². The first kappa shape index (κ1) is 9.23. The lowest BCUT2D eigenvalue weighted by Gasteiger charge is -2.09. The summed E-state index contributed by atoms with van der Waals surface area (Å²) in [6, 6.07) is 8.38. The molecule has 0 fully saturated rings. The molecule has 66 valence electrons. The third-order valence-corrected chi connectivity index (χ3v) is 1.88. The van der Waals surface area contributed by atoms with Crippen LogP contribution in [0.2, 0.25) is 0 Å². The van der Waals surface area contributed by atoms with E-state index in [1.807, 2.05) is 19.1 Å². The fourth-order valence-electron chi connectivity index (χ4n) is 1.30. The molecule has 1 aromatic rings. The van der Waals surface area contributed by atoms with Gasteiger partial charge >= 0.3 is 0 Å². The third-order valence-electron chi connectivity index (χ3n) is 1.88. The van der Waals surface area contributed by atoms with Gasteiger partial charge in [-0.2, -0.15) is 0 Å². The number of benzene rings is 1. The molecule has 0 saturated heterocycles. The van der Waals surface area contributed by atoms with Crippen LogP contribution in [0.25, 0.3) is 0 Å². The number of nitrogens with two attached hydrogens (primary N) is 2. The Hall–Kier alpha value is -0.860. The minimum absolute atomic E-state index is 0.206. The maximum absolute atomic E-state index is 5.71. The molecule has 1 aromatic carbocycles. The summed E-state index contributed by atoms with van der Waals surface area (Å²) in [5.41, 5.74) is 13.8. The molecule has 0 spiro atoms. The average molecular weight is 164 g/mol. The Bertz CT molecular complexity index is 243. The Balaban J connectivity index is 2.82. The van der Waals surface area contributed by atoms with Gasteiger partial charge in [0, 0.05) is 12.6 Å². The Morgan fingerprint density at radius 3 is 2.33 bits per heavy atom. The molecule has 0 aromatic heterocycles. The molecular weight excluding hydrogens is 148 g/mol. The molecule has 4 N–H and O–H groups in total. The second-order valence-corrected chi connectivity index (χ2v) is 3.15. The van der Waals surface area contributed by atoms with Crippen LogP contribution >= 0.6 is 0 Å². The van der Waals surface area contributed by atoms with E-state index in [4.69, 9.17) is 11.5 Å².